The first-order chi connectivity index (χ1) is 16.3. The minimum atomic E-state index is -1.22. The number of carbonyl (C=O) groups excluding carboxylic acids is 3. The van der Waals surface area contributed by atoms with Crippen LogP contribution in [0.2, 0.25) is 0 Å². The maximum Gasteiger partial charge on any atom is 0.357 e. The van der Waals surface area contributed by atoms with Gasteiger partial charge in [0.15, 0.2) is 5.69 Å². The number of carbonyl (C=O) groups is 3. The number of ether oxygens (including phenoxy) is 2. The molecule has 174 valence electrons. The molecule has 2 heterocycles. The molecule has 0 spiro atoms. The van der Waals surface area contributed by atoms with E-state index in [0.29, 0.717) is 0 Å². The van der Waals surface area contributed by atoms with Crippen LogP contribution in [0.25, 0.3) is 11.0 Å². The van der Waals surface area contributed by atoms with E-state index in [9.17, 15) is 23.2 Å². The first-order valence-electron chi connectivity index (χ1n) is 9.92. The van der Waals surface area contributed by atoms with Crippen LogP contribution in [-0.2, 0) is 14.3 Å². The van der Waals surface area contributed by atoms with E-state index < -0.39 is 34.7 Å². The van der Waals surface area contributed by atoms with Crippen molar-refractivity contribution in [2.45, 2.75) is 5.25 Å². The lowest BCUT2D eigenvalue weighted by molar-refractivity contribution is -0.133. The molecular formula is C24H18F2N2O5S. The van der Waals surface area contributed by atoms with E-state index in [2.05, 4.69) is 0 Å². The zero-order chi connectivity index (χ0) is 24.6. The van der Waals surface area contributed by atoms with E-state index in [1.54, 1.807) is 12.1 Å². The number of aromatic nitrogens is 1. The van der Waals surface area contributed by atoms with Crippen LogP contribution in [0.4, 0.5) is 14.5 Å². The molecule has 2 aromatic carbocycles. The van der Waals surface area contributed by atoms with E-state index in [1.165, 1.54) is 42.5 Å². The lowest BCUT2D eigenvalue weighted by atomic mass is 10.1. The second kappa shape index (κ2) is 9.14. The van der Waals surface area contributed by atoms with Crippen LogP contribution < -0.4 is 16.3 Å². The summed E-state index contributed by atoms with van der Waals surface area (Å²) >= 11 is 0.763. The quantitative estimate of drug-likeness (QED) is 0.568. The van der Waals surface area contributed by atoms with Crippen LogP contribution >= 0.6 is 11.8 Å². The van der Waals surface area contributed by atoms with Gasteiger partial charge in [-0.25, -0.2) is 18.4 Å². The molecule has 0 unspecified atom stereocenters. The summed E-state index contributed by atoms with van der Waals surface area (Å²) in [7, 11) is 2.24. The van der Waals surface area contributed by atoms with Crippen molar-refractivity contribution >= 4 is 46.3 Å². The maximum atomic E-state index is 14.6. The van der Waals surface area contributed by atoms with E-state index in [4.69, 9.17) is 15.2 Å². The zero-order valence-corrected chi connectivity index (χ0v) is 18.8. The third-order valence-electron chi connectivity index (χ3n) is 5.29. The molecule has 0 aliphatic carbocycles. The van der Waals surface area contributed by atoms with Gasteiger partial charge in [0.05, 0.1) is 25.3 Å². The molecule has 1 aliphatic rings. The van der Waals surface area contributed by atoms with Gasteiger partial charge >= 0.3 is 11.9 Å². The summed E-state index contributed by atoms with van der Waals surface area (Å²) < 4.78 is 39.7. The first kappa shape index (κ1) is 23.2. The van der Waals surface area contributed by atoms with Crippen molar-refractivity contribution in [3.8, 4) is 0 Å². The summed E-state index contributed by atoms with van der Waals surface area (Å²) in [6.45, 7) is 0. The number of nitrogen functional groups attached to an aromatic ring is 1. The Morgan fingerprint density at radius 2 is 1.62 bits per heavy atom. The number of thioether (sulfide) groups is 1. The maximum absolute atomic E-state index is 14.6. The van der Waals surface area contributed by atoms with E-state index in [-0.39, 0.29) is 38.0 Å². The second-order valence-corrected chi connectivity index (χ2v) is 8.31. The summed E-state index contributed by atoms with van der Waals surface area (Å²) in [5, 5.41) is -1.23. The van der Waals surface area contributed by atoms with Crippen molar-refractivity contribution in [1.29, 1.82) is 0 Å². The largest absolute Gasteiger partial charge is 0.465 e. The van der Waals surface area contributed by atoms with Crippen molar-refractivity contribution in [2.24, 2.45) is 0 Å². The summed E-state index contributed by atoms with van der Waals surface area (Å²) in [6, 6.07) is 11.4. The Morgan fingerprint density at radius 3 is 2.24 bits per heavy atom. The number of anilines is 1. The topological polar surface area (TPSA) is 101 Å². The van der Waals surface area contributed by atoms with Gasteiger partial charge in [0.1, 0.15) is 21.8 Å². The molecule has 1 aromatic heterocycles. The highest BCUT2D eigenvalue weighted by Crippen LogP contribution is 2.40. The standard InChI is InChI=1S/C24H18F2N2O5S/c1-32-23(30)19-17(27)14(11-12-7-3-5-9-15(12)25)18-21(24(31)33-2)34-20(22(29)28(18)19)13-8-4-6-10-16(13)26/h3-11,20H,27H2,1-2H3/b14-11+/t20-/m0/s1. The Morgan fingerprint density at radius 1 is 1.00 bits per heavy atom. The number of hydrogen-bond acceptors (Lipinski definition) is 7. The fourth-order valence-electron chi connectivity index (χ4n) is 3.71. The number of nitrogens with zero attached hydrogens (tertiary/aromatic N) is 1. The molecule has 1 atom stereocenters. The molecule has 1 aliphatic heterocycles. The Kier molecular flexibility index (Phi) is 6.25. The lowest BCUT2D eigenvalue weighted by Gasteiger charge is -2.23. The Bertz CT molecular complexity index is 1460. The highest BCUT2D eigenvalue weighted by Gasteiger charge is 2.39. The van der Waals surface area contributed by atoms with Crippen LogP contribution in [-0.4, -0.2) is 36.6 Å². The van der Waals surface area contributed by atoms with Gasteiger partial charge in [-0.2, -0.15) is 0 Å². The number of esters is 2. The molecule has 0 saturated heterocycles. The van der Waals surface area contributed by atoms with E-state index >= 15 is 0 Å². The molecular weight excluding hydrogens is 466 g/mol. The highest BCUT2D eigenvalue weighted by molar-refractivity contribution is 8.10. The monoisotopic (exact) mass is 484 g/mol. The van der Waals surface area contributed by atoms with Crippen molar-refractivity contribution in [3.63, 3.8) is 0 Å². The third kappa shape index (κ3) is 3.75. The van der Waals surface area contributed by atoms with Gasteiger partial charge < -0.3 is 15.2 Å². The molecule has 34 heavy (non-hydrogen) atoms. The second-order valence-electron chi connectivity index (χ2n) is 7.20. The van der Waals surface area contributed by atoms with E-state index in [0.717, 1.165) is 30.5 Å². The molecule has 3 aromatic rings. The van der Waals surface area contributed by atoms with Crippen molar-refractivity contribution < 1.29 is 32.6 Å². The summed E-state index contributed by atoms with van der Waals surface area (Å²) in [5.74, 6) is -3.77. The molecule has 0 bridgehead atoms. The van der Waals surface area contributed by atoms with Gasteiger partial charge in [0.2, 0.25) is 5.91 Å². The summed E-state index contributed by atoms with van der Waals surface area (Å²) in [4.78, 5) is 39.0. The number of fused-ring (bicyclic) bond motifs is 1. The Hall–Kier alpha value is -3.92. The van der Waals surface area contributed by atoms with Crippen LogP contribution in [0.1, 0.15) is 31.7 Å². The highest BCUT2D eigenvalue weighted by atomic mass is 32.2. The number of benzene rings is 2. The Balaban J connectivity index is 2.15. The number of rotatable bonds is 4. The van der Waals surface area contributed by atoms with Gasteiger partial charge in [-0.05, 0) is 18.2 Å². The fourth-order valence-corrected chi connectivity index (χ4v) is 4.96. The van der Waals surface area contributed by atoms with Gasteiger partial charge in [-0.1, -0.05) is 48.2 Å². The SMILES string of the molecule is COC(=O)C1=c2/c(=C/c3ccccc3F)c(N)c(C(=O)OC)n2C(=O)[C@H](c2ccccc2F)S1. The normalized spacial score (nSPS) is 15.8. The minimum Gasteiger partial charge on any atom is -0.465 e. The summed E-state index contributed by atoms with van der Waals surface area (Å²) in [6.07, 6.45) is 1.32. The molecule has 2 N–H and O–H groups in total. The zero-order valence-electron chi connectivity index (χ0n) is 18.0. The lowest BCUT2D eigenvalue weighted by Crippen LogP contribution is -2.42. The number of nitrogens with two attached hydrogens (primary N) is 1. The van der Waals surface area contributed by atoms with Crippen LogP contribution in [0.15, 0.2) is 48.5 Å². The van der Waals surface area contributed by atoms with Gasteiger partial charge in [0, 0.05) is 16.3 Å². The average molecular weight is 484 g/mol. The molecule has 4 rings (SSSR count). The summed E-state index contributed by atoms with van der Waals surface area (Å²) in [5.41, 5.74) is 5.82. The van der Waals surface area contributed by atoms with Crippen molar-refractivity contribution in [3.05, 3.63) is 87.6 Å². The average Bonchev–Trinajstić information content (AvgIpc) is 3.13. The molecule has 0 radical (unpaired) electrons. The Labute approximate surface area is 196 Å². The minimum absolute atomic E-state index is 0.00673. The number of hydrogen-bond donors (Lipinski definition) is 1. The molecule has 0 amide bonds. The predicted octanol–water partition coefficient (Wildman–Crippen LogP) is 2.37. The fraction of sp³-hybridized carbons (Fsp3) is 0.125. The van der Waals surface area contributed by atoms with Gasteiger partial charge in [-0.3, -0.25) is 9.36 Å². The number of halogens is 2. The molecule has 0 fully saturated rings. The molecule has 10 heteroatoms. The third-order valence-corrected chi connectivity index (χ3v) is 6.57. The van der Waals surface area contributed by atoms with Crippen LogP contribution in [0.3, 0.4) is 0 Å². The van der Waals surface area contributed by atoms with Gasteiger partial charge in [0.25, 0.3) is 0 Å². The number of methoxy groups -OCH3 is 2. The smallest absolute Gasteiger partial charge is 0.357 e. The molecule has 7 nitrogen and oxygen atoms in total. The van der Waals surface area contributed by atoms with Crippen molar-refractivity contribution in [2.75, 3.05) is 20.0 Å². The molecule has 0 saturated carbocycles. The first-order valence-corrected chi connectivity index (χ1v) is 10.8. The van der Waals surface area contributed by atoms with Crippen LogP contribution in [0.5, 0.6) is 0 Å². The van der Waals surface area contributed by atoms with Crippen LogP contribution in [0, 0.1) is 11.6 Å². The predicted molar refractivity (Wildman–Crippen MR) is 122 cm³/mol. The van der Waals surface area contributed by atoms with E-state index in [1.807, 2.05) is 0 Å². The van der Waals surface area contributed by atoms with Gasteiger partial charge in [-0.15, -0.1) is 0 Å². The van der Waals surface area contributed by atoms with Crippen molar-refractivity contribution in [1.82, 2.24) is 4.57 Å².